The molecule has 0 spiro atoms. The number of benzene rings is 1. The number of nitrogens with zero attached hydrogens (tertiary/aromatic N) is 4. The van der Waals surface area contributed by atoms with Crippen LogP contribution in [0, 0.1) is 0 Å². The molecule has 0 aliphatic heterocycles. The van der Waals surface area contributed by atoms with Gasteiger partial charge >= 0.3 is 0 Å². The Bertz CT molecular complexity index is 722. The molecule has 0 atom stereocenters. The molecule has 1 aromatic carbocycles. The second-order valence-corrected chi connectivity index (χ2v) is 5.09. The van der Waals surface area contributed by atoms with E-state index in [1.165, 1.54) is 5.39 Å². The van der Waals surface area contributed by atoms with Gasteiger partial charge in [-0.3, -0.25) is 4.68 Å². The average Bonchev–Trinajstić information content (AvgIpc) is 2.75. The van der Waals surface area contributed by atoms with Gasteiger partial charge in [0.05, 0.1) is 11.2 Å². The fraction of sp³-hybridized carbons (Fsp3) is 0.154. The van der Waals surface area contributed by atoms with Crippen molar-refractivity contribution in [2.75, 3.05) is 5.73 Å². The molecular formula is C13H13N5S. The minimum Gasteiger partial charge on any atom is -0.381 e. The molecule has 0 aliphatic rings. The minimum absolute atomic E-state index is 0.465. The van der Waals surface area contributed by atoms with Gasteiger partial charge in [0, 0.05) is 30.6 Å². The summed E-state index contributed by atoms with van der Waals surface area (Å²) in [5, 5.41) is 6.46. The van der Waals surface area contributed by atoms with Crippen molar-refractivity contribution in [3.8, 4) is 0 Å². The van der Waals surface area contributed by atoms with E-state index in [1.54, 1.807) is 24.2 Å². The van der Waals surface area contributed by atoms with Crippen LogP contribution in [0.3, 0.4) is 0 Å². The van der Waals surface area contributed by atoms with Crippen LogP contribution in [-0.4, -0.2) is 19.7 Å². The lowest BCUT2D eigenvalue weighted by Crippen LogP contribution is -1.95. The van der Waals surface area contributed by atoms with Crippen LogP contribution in [0.15, 0.2) is 41.7 Å². The Morgan fingerprint density at radius 3 is 2.84 bits per heavy atom. The fourth-order valence-corrected chi connectivity index (χ4v) is 2.80. The summed E-state index contributed by atoms with van der Waals surface area (Å²) < 4.78 is 1.89. The topological polar surface area (TPSA) is 69.6 Å². The number of para-hydroxylation sites is 1. The summed E-state index contributed by atoms with van der Waals surface area (Å²) in [6, 6.07) is 8.18. The van der Waals surface area contributed by atoms with Gasteiger partial charge in [0.1, 0.15) is 5.03 Å². The maximum atomic E-state index is 5.78. The SMILES string of the molecule is Cn1nc(CSc2nccnc2N)c2ccccc21. The van der Waals surface area contributed by atoms with E-state index in [0.29, 0.717) is 5.82 Å². The van der Waals surface area contributed by atoms with Gasteiger partial charge in [-0.05, 0) is 6.07 Å². The Labute approximate surface area is 114 Å². The quantitative estimate of drug-likeness (QED) is 0.740. The van der Waals surface area contributed by atoms with Crippen molar-refractivity contribution >= 4 is 28.5 Å². The Hall–Kier alpha value is -2.08. The number of fused-ring (bicyclic) bond motifs is 1. The molecule has 2 aromatic heterocycles. The highest BCUT2D eigenvalue weighted by atomic mass is 32.2. The molecule has 0 saturated carbocycles. The molecule has 0 saturated heterocycles. The van der Waals surface area contributed by atoms with Crippen molar-refractivity contribution in [1.29, 1.82) is 0 Å². The summed E-state index contributed by atoms with van der Waals surface area (Å²) in [6.07, 6.45) is 3.24. The monoisotopic (exact) mass is 271 g/mol. The first-order chi connectivity index (χ1) is 9.25. The lowest BCUT2D eigenvalue weighted by molar-refractivity contribution is 0.781. The number of nitrogen functional groups attached to an aromatic ring is 1. The summed E-state index contributed by atoms with van der Waals surface area (Å²) >= 11 is 1.55. The zero-order valence-corrected chi connectivity index (χ0v) is 11.3. The third-order valence-corrected chi connectivity index (χ3v) is 3.88. The van der Waals surface area contributed by atoms with Gasteiger partial charge in [0.15, 0.2) is 5.82 Å². The lowest BCUT2D eigenvalue weighted by atomic mass is 10.2. The number of hydrogen-bond acceptors (Lipinski definition) is 5. The van der Waals surface area contributed by atoms with Gasteiger partial charge in [-0.1, -0.05) is 30.0 Å². The number of thioether (sulfide) groups is 1. The third-order valence-electron chi connectivity index (χ3n) is 2.87. The van der Waals surface area contributed by atoms with E-state index in [0.717, 1.165) is 22.0 Å². The second-order valence-electron chi connectivity index (χ2n) is 4.12. The Balaban J connectivity index is 1.88. The van der Waals surface area contributed by atoms with Crippen molar-refractivity contribution in [3.05, 3.63) is 42.4 Å². The van der Waals surface area contributed by atoms with Crippen molar-refractivity contribution in [1.82, 2.24) is 19.7 Å². The molecule has 19 heavy (non-hydrogen) atoms. The van der Waals surface area contributed by atoms with Crippen molar-refractivity contribution in [2.24, 2.45) is 7.05 Å². The van der Waals surface area contributed by atoms with E-state index in [-0.39, 0.29) is 0 Å². The van der Waals surface area contributed by atoms with Crippen molar-refractivity contribution in [2.45, 2.75) is 10.8 Å². The predicted octanol–water partition coefficient (Wildman–Crippen LogP) is 2.24. The van der Waals surface area contributed by atoms with Crippen LogP contribution < -0.4 is 5.73 Å². The second kappa shape index (κ2) is 4.89. The first kappa shape index (κ1) is 12.0. The molecule has 0 bridgehead atoms. The lowest BCUT2D eigenvalue weighted by Gasteiger charge is -2.01. The van der Waals surface area contributed by atoms with Gasteiger partial charge in [-0.2, -0.15) is 5.10 Å². The maximum Gasteiger partial charge on any atom is 0.156 e. The van der Waals surface area contributed by atoms with Gasteiger partial charge in [0.2, 0.25) is 0 Å². The summed E-state index contributed by atoms with van der Waals surface area (Å²) in [4.78, 5) is 8.25. The molecule has 6 heteroatoms. The van der Waals surface area contributed by atoms with Crippen LogP contribution in [0.1, 0.15) is 5.69 Å². The molecule has 3 aromatic rings. The number of hydrogen-bond donors (Lipinski definition) is 1. The molecular weight excluding hydrogens is 258 g/mol. The van der Waals surface area contributed by atoms with E-state index < -0.39 is 0 Å². The molecule has 0 unspecified atom stereocenters. The van der Waals surface area contributed by atoms with Crippen LogP contribution in [-0.2, 0) is 12.8 Å². The van der Waals surface area contributed by atoms with E-state index in [4.69, 9.17) is 5.73 Å². The molecule has 2 heterocycles. The first-order valence-corrected chi connectivity index (χ1v) is 6.84. The van der Waals surface area contributed by atoms with Gasteiger partial charge in [0.25, 0.3) is 0 Å². The van der Waals surface area contributed by atoms with E-state index >= 15 is 0 Å². The zero-order chi connectivity index (χ0) is 13.2. The maximum absolute atomic E-state index is 5.78. The highest BCUT2D eigenvalue weighted by Gasteiger charge is 2.09. The number of rotatable bonds is 3. The van der Waals surface area contributed by atoms with Gasteiger partial charge in [-0.15, -0.1) is 0 Å². The Morgan fingerprint density at radius 2 is 2.00 bits per heavy atom. The highest BCUT2D eigenvalue weighted by molar-refractivity contribution is 7.98. The average molecular weight is 271 g/mol. The number of nitrogens with two attached hydrogens (primary N) is 1. The number of aromatic nitrogens is 4. The summed E-state index contributed by atoms with van der Waals surface area (Å²) in [6.45, 7) is 0. The summed E-state index contributed by atoms with van der Waals surface area (Å²) in [5.41, 5.74) is 7.95. The molecule has 0 aliphatic carbocycles. The van der Waals surface area contributed by atoms with Crippen LogP contribution in [0.4, 0.5) is 5.82 Å². The normalized spacial score (nSPS) is 11.0. The van der Waals surface area contributed by atoms with Crippen molar-refractivity contribution < 1.29 is 0 Å². The standard InChI is InChI=1S/C13H13N5S/c1-18-11-5-3-2-4-9(11)10(17-18)8-19-13-12(14)15-6-7-16-13/h2-7H,8H2,1H3,(H2,14,15). The summed E-state index contributed by atoms with van der Waals surface area (Å²) in [5.74, 6) is 1.19. The Morgan fingerprint density at radius 1 is 1.21 bits per heavy atom. The molecule has 2 N–H and O–H groups in total. The van der Waals surface area contributed by atoms with Gasteiger partial charge < -0.3 is 5.73 Å². The molecule has 5 nitrogen and oxygen atoms in total. The van der Waals surface area contributed by atoms with Crippen LogP contribution in [0.2, 0.25) is 0 Å². The third kappa shape index (κ3) is 2.26. The van der Waals surface area contributed by atoms with Crippen LogP contribution in [0.25, 0.3) is 10.9 Å². The minimum atomic E-state index is 0.465. The molecule has 0 fully saturated rings. The van der Waals surface area contributed by atoms with Crippen LogP contribution in [0.5, 0.6) is 0 Å². The molecule has 96 valence electrons. The fourth-order valence-electron chi connectivity index (χ4n) is 1.98. The highest BCUT2D eigenvalue weighted by Crippen LogP contribution is 2.27. The molecule has 3 rings (SSSR count). The predicted molar refractivity (Wildman–Crippen MR) is 76.7 cm³/mol. The summed E-state index contributed by atoms with van der Waals surface area (Å²) in [7, 11) is 1.95. The van der Waals surface area contributed by atoms with E-state index in [2.05, 4.69) is 27.2 Å². The van der Waals surface area contributed by atoms with Gasteiger partial charge in [-0.25, -0.2) is 9.97 Å². The molecule has 0 radical (unpaired) electrons. The zero-order valence-electron chi connectivity index (χ0n) is 10.4. The van der Waals surface area contributed by atoms with E-state index in [1.807, 2.05) is 23.9 Å². The molecule has 0 amide bonds. The van der Waals surface area contributed by atoms with E-state index in [9.17, 15) is 0 Å². The number of anilines is 1. The first-order valence-electron chi connectivity index (χ1n) is 5.85. The van der Waals surface area contributed by atoms with Crippen LogP contribution >= 0.6 is 11.8 Å². The number of aryl methyl sites for hydroxylation is 1. The van der Waals surface area contributed by atoms with Crippen molar-refractivity contribution in [3.63, 3.8) is 0 Å². The largest absolute Gasteiger partial charge is 0.381 e. The smallest absolute Gasteiger partial charge is 0.156 e. The Kier molecular flexibility index (Phi) is 3.08.